The molecule has 0 aromatic heterocycles. The number of benzene rings is 2. The van der Waals surface area contributed by atoms with Gasteiger partial charge in [-0.05, 0) is 48.7 Å². The van der Waals surface area contributed by atoms with Gasteiger partial charge in [0, 0.05) is 11.7 Å². The van der Waals surface area contributed by atoms with Crippen molar-refractivity contribution in [3.63, 3.8) is 0 Å². The highest BCUT2D eigenvalue weighted by Gasteiger charge is 2.30. The SMILES string of the molecule is COc1cccc(C2CC(C(=O)Nc3cccc(C)c3)NN2)c1. The molecule has 0 saturated carbocycles. The zero-order chi connectivity index (χ0) is 16.2. The maximum Gasteiger partial charge on any atom is 0.242 e. The van der Waals surface area contributed by atoms with Crippen LogP contribution in [0.5, 0.6) is 5.75 Å². The number of carbonyl (C=O) groups excluding carboxylic acids is 1. The molecule has 5 nitrogen and oxygen atoms in total. The molecule has 0 spiro atoms. The Morgan fingerprint density at radius 2 is 2.00 bits per heavy atom. The predicted molar refractivity (Wildman–Crippen MR) is 90.2 cm³/mol. The standard InChI is InChI=1S/C18H21N3O2/c1-12-5-3-7-14(9-12)19-18(22)17-11-16(20-21-17)13-6-4-8-15(10-13)23-2/h3-10,16-17,20-21H,11H2,1-2H3,(H,19,22). The number of hydrazine groups is 1. The van der Waals surface area contributed by atoms with Gasteiger partial charge in [0.25, 0.3) is 0 Å². The third-order valence-corrected chi connectivity index (χ3v) is 4.00. The molecule has 2 aromatic rings. The fourth-order valence-corrected chi connectivity index (χ4v) is 2.76. The molecule has 0 aliphatic carbocycles. The summed E-state index contributed by atoms with van der Waals surface area (Å²) in [5.41, 5.74) is 9.30. The van der Waals surface area contributed by atoms with Crippen molar-refractivity contribution in [2.75, 3.05) is 12.4 Å². The Kier molecular flexibility index (Phi) is 4.60. The molecule has 0 radical (unpaired) electrons. The first-order valence-corrected chi connectivity index (χ1v) is 7.68. The first-order valence-electron chi connectivity index (χ1n) is 7.68. The molecule has 1 amide bonds. The van der Waals surface area contributed by atoms with Crippen LogP contribution < -0.4 is 20.9 Å². The van der Waals surface area contributed by atoms with Crippen molar-refractivity contribution in [3.8, 4) is 5.75 Å². The van der Waals surface area contributed by atoms with E-state index in [0.29, 0.717) is 6.42 Å². The largest absolute Gasteiger partial charge is 0.497 e. The summed E-state index contributed by atoms with van der Waals surface area (Å²) in [5.74, 6) is 0.783. The maximum absolute atomic E-state index is 12.4. The lowest BCUT2D eigenvalue weighted by Crippen LogP contribution is -2.39. The molecule has 5 heteroatoms. The quantitative estimate of drug-likeness (QED) is 0.812. The van der Waals surface area contributed by atoms with Crippen LogP contribution in [0.15, 0.2) is 48.5 Å². The van der Waals surface area contributed by atoms with Crippen molar-refractivity contribution in [1.82, 2.24) is 10.9 Å². The number of hydrogen-bond acceptors (Lipinski definition) is 4. The highest BCUT2D eigenvalue weighted by molar-refractivity contribution is 5.95. The maximum atomic E-state index is 12.4. The Bertz CT molecular complexity index is 702. The summed E-state index contributed by atoms with van der Waals surface area (Å²) in [6, 6.07) is 15.5. The number of ether oxygens (including phenoxy) is 1. The predicted octanol–water partition coefficient (Wildman–Crippen LogP) is 2.55. The van der Waals surface area contributed by atoms with Crippen molar-refractivity contribution in [2.45, 2.75) is 25.4 Å². The van der Waals surface area contributed by atoms with E-state index in [1.165, 1.54) is 0 Å². The van der Waals surface area contributed by atoms with Crippen LogP contribution in [0.1, 0.15) is 23.6 Å². The second kappa shape index (κ2) is 6.81. The number of amides is 1. The van der Waals surface area contributed by atoms with Gasteiger partial charge < -0.3 is 10.1 Å². The average Bonchev–Trinajstić information content (AvgIpc) is 3.05. The Balaban J connectivity index is 1.63. The molecule has 3 N–H and O–H groups in total. The second-order valence-electron chi connectivity index (χ2n) is 5.76. The summed E-state index contributed by atoms with van der Waals surface area (Å²) in [5, 5.41) is 2.95. The molecule has 1 saturated heterocycles. The van der Waals surface area contributed by atoms with Gasteiger partial charge in [0.1, 0.15) is 11.8 Å². The third-order valence-electron chi connectivity index (χ3n) is 4.00. The molecule has 2 aromatic carbocycles. The van der Waals surface area contributed by atoms with Crippen LogP contribution in [-0.4, -0.2) is 19.1 Å². The van der Waals surface area contributed by atoms with E-state index in [1.54, 1.807) is 7.11 Å². The van der Waals surface area contributed by atoms with E-state index >= 15 is 0 Å². The van der Waals surface area contributed by atoms with Crippen LogP contribution in [0.4, 0.5) is 5.69 Å². The Hall–Kier alpha value is -2.37. The molecule has 120 valence electrons. The smallest absolute Gasteiger partial charge is 0.242 e. The molecule has 1 heterocycles. The number of anilines is 1. The topological polar surface area (TPSA) is 62.4 Å². The van der Waals surface area contributed by atoms with Gasteiger partial charge in [-0.2, -0.15) is 0 Å². The van der Waals surface area contributed by atoms with Gasteiger partial charge in [0.05, 0.1) is 7.11 Å². The Labute approximate surface area is 136 Å². The highest BCUT2D eigenvalue weighted by atomic mass is 16.5. The summed E-state index contributed by atoms with van der Waals surface area (Å²) in [6.45, 7) is 2.00. The number of methoxy groups -OCH3 is 1. The van der Waals surface area contributed by atoms with Crippen LogP contribution >= 0.6 is 0 Å². The zero-order valence-corrected chi connectivity index (χ0v) is 13.3. The van der Waals surface area contributed by atoms with Gasteiger partial charge in [-0.25, -0.2) is 10.9 Å². The third kappa shape index (κ3) is 3.70. The van der Waals surface area contributed by atoms with Crippen LogP contribution in [0.2, 0.25) is 0 Å². The second-order valence-corrected chi connectivity index (χ2v) is 5.76. The fraction of sp³-hybridized carbons (Fsp3) is 0.278. The molecule has 23 heavy (non-hydrogen) atoms. The summed E-state index contributed by atoms with van der Waals surface area (Å²) in [7, 11) is 1.65. The molecule has 2 atom stereocenters. The van der Waals surface area contributed by atoms with Crippen molar-refractivity contribution in [2.24, 2.45) is 0 Å². The van der Waals surface area contributed by atoms with Gasteiger partial charge in [-0.3, -0.25) is 4.79 Å². The first kappa shape index (κ1) is 15.5. The van der Waals surface area contributed by atoms with E-state index in [1.807, 2.05) is 55.5 Å². The monoisotopic (exact) mass is 311 g/mol. The molecular weight excluding hydrogens is 290 g/mol. The normalized spacial score (nSPS) is 20.3. The van der Waals surface area contributed by atoms with E-state index in [2.05, 4.69) is 16.2 Å². The fourth-order valence-electron chi connectivity index (χ4n) is 2.76. The number of carbonyl (C=O) groups is 1. The van der Waals surface area contributed by atoms with Crippen molar-refractivity contribution in [1.29, 1.82) is 0 Å². The number of nitrogens with one attached hydrogen (secondary N) is 3. The van der Waals surface area contributed by atoms with E-state index in [9.17, 15) is 4.79 Å². The van der Waals surface area contributed by atoms with Crippen molar-refractivity contribution >= 4 is 11.6 Å². The Morgan fingerprint density at radius 3 is 2.78 bits per heavy atom. The lowest BCUT2D eigenvalue weighted by molar-refractivity contribution is -0.117. The highest BCUT2D eigenvalue weighted by Crippen LogP contribution is 2.25. The molecule has 1 aliphatic rings. The molecule has 0 bridgehead atoms. The van der Waals surface area contributed by atoms with Crippen LogP contribution in [-0.2, 0) is 4.79 Å². The molecule has 1 fully saturated rings. The van der Waals surface area contributed by atoms with E-state index < -0.39 is 0 Å². The van der Waals surface area contributed by atoms with Crippen LogP contribution in [0.25, 0.3) is 0 Å². The molecule has 1 aliphatic heterocycles. The number of hydrogen-bond donors (Lipinski definition) is 3. The van der Waals surface area contributed by atoms with Crippen LogP contribution in [0.3, 0.4) is 0 Å². The lowest BCUT2D eigenvalue weighted by atomic mass is 10.0. The molecule has 3 rings (SSSR count). The Morgan fingerprint density at radius 1 is 1.17 bits per heavy atom. The average molecular weight is 311 g/mol. The summed E-state index contributed by atoms with van der Waals surface area (Å²) in [4.78, 5) is 12.4. The number of rotatable bonds is 4. The molecular formula is C18H21N3O2. The van der Waals surface area contributed by atoms with Crippen molar-refractivity contribution in [3.05, 3.63) is 59.7 Å². The van der Waals surface area contributed by atoms with E-state index in [0.717, 1.165) is 22.6 Å². The van der Waals surface area contributed by atoms with Gasteiger partial charge in [0.2, 0.25) is 5.91 Å². The van der Waals surface area contributed by atoms with Gasteiger partial charge in [0.15, 0.2) is 0 Å². The van der Waals surface area contributed by atoms with Gasteiger partial charge >= 0.3 is 0 Å². The van der Waals surface area contributed by atoms with Gasteiger partial charge in [-0.15, -0.1) is 0 Å². The van der Waals surface area contributed by atoms with Crippen molar-refractivity contribution < 1.29 is 9.53 Å². The van der Waals surface area contributed by atoms with E-state index in [-0.39, 0.29) is 18.0 Å². The first-order chi connectivity index (χ1) is 11.2. The number of aryl methyl sites for hydroxylation is 1. The minimum atomic E-state index is -0.272. The summed E-state index contributed by atoms with van der Waals surface area (Å²) in [6.07, 6.45) is 0.685. The minimum Gasteiger partial charge on any atom is -0.497 e. The van der Waals surface area contributed by atoms with Crippen LogP contribution in [0, 0.1) is 6.92 Å². The van der Waals surface area contributed by atoms with E-state index in [4.69, 9.17) is 4.74 Å². The molecule has 2 unspecified atom stereocenters. The summed E-state index contributed by atoms with van der Waals surface area (Å²) < 4.78 is 5.25. The summed E-state index contributed by atoms with van der Waals surface area (Å²) >= 11 is 0. The van der Waals surface area contributed by atoms with Gasteiger partial charge in [-0.1, -0.05) is 24.3 Å². The minimum absolute atomic E-state index is 0.0338. The zero-order valence-electron chi connectivity index (χ0n) is 13.3. The lowest BCUT2D eigenvalue weighted by Gasteiger charge is -2.12.